The molecule has 6 nitrogen and oxygen atoms in total. The highest BCUT2D eigenvalue weighted by atomic mass is 35.5. The lowest BCUT2D eigenvalue weighted by Crippen LogP contribution is -2.45. The summed E-state index contributed by atoms with van der Waals surface area (Å²) in [4.78, 5) is 12.2. The zero-order valence-corrected chi connectivity index (χ0v) is 13.7. The van der Waals surface area contributed by atoms with Gasteiger partial charge in [-0.25, -0.2) is 0 Å². The van der Waals surface area contributed by atoms with Crippen molar-refractivity contribution >= 4 is 30.7 Å². The van der Waals surface area contributed by atoms with Crippen molar-refractivity contribution in [3.8, 4) is 0 Å². The summed E-state index contributed by atoms with van der Waals surface area (Å²) in [6, 6.07) is 0.0652. The van der Waals surface area contributed by atoms with Gasteiger partial charge in [0, 0.05) is 19.1 Å². The molecule has 2 saturated carbocycles. The van der Waals surface area contributed by atoms with Gasteiger partial charge in [0.25, 0.3) is 0 Å². The van der Waals surface area contributed by atoms with E-state index in [1.165, 1.54) is 12.8 Å². The number of carbonyl (C=O) groups excluding carboxylic acids is 1. The Hall–Kier alpha value is -0.850. The van der Waals surface area contributed by atoms with E-state index in [1.54, 1.807) is 6.33 Å². The Kier molecular flexibility index (Phi) is 6.43. The monoisotopic (exact) mass is 335 g/mol. The second kappa shape index (κ2) is 7.42. The van der Waals surface area contributed by atoms with Gasteiger partial charge in [-0.2, -0.15) is 0 Å². The van der Waals surface area contributed by atoms with Crippen molar-refractivity contribution in [1.29, 1.82) is 0 Å². The van der Waals surface area contributed by atoms with Gasteiger partial charge in [0.1, 0.15) is 12.2 Å². The van der Waals surface area contributed by atoms with Crippen LogP contribution in [0, 0.1) is 24.7 Å². The summed E-state index contributed by atoms with van der Waals surface area (Å²) >= 11 is 0. The fourth-order valence-corrected chi connectivity index (χ4v) is 3.67. The third-order valence-electron chi connectivity index (χ3n) is 4.74. The fraction of sp³-hybridized carbons (Fsp3) is 0.769. The topological polar surface area (TPSA) is 85.8 Å². The molecule has 1 amide bonds. The van der Waals surface area contributed by atoms with Crippen molar-refractivity contribution in [2.75, 3.05) is 6.54 Å². The van der Waals surface area contributed by atoms with Gasteiger partial charge in [0.15, 0.2) is 0 Å². The number of fused-ring (bicyclic) bond motifs is 2. The van der Waals surface area contributed by atoms with E-state index in [9.17, 15) is 4.79 Å². The minimum Gasteiger partial charge on any atom is -0.354 e. The van der Waals surface area contributed by atoms with E-state index in [2.05, 4.69) is 15.5 Å². The maximum absolute atomic E-state index is 12.2. The van der Waals surface area contributed by atoms with Gasteiger partial charge < -0.3 is 15.6 Å². The summed E-state index contributed by atoms with van der Waals surface area (Å²) in [6.07, 6.45) is 5.20. The first-order valence-electron chi connectivity index (χ1n) is 7.04. The number of rotatable bonds is 4. The van der Waals surface area contributed by atoms with Crippen LogP contribution in [0.5, 0.6) is 0 Å². The van der Waals surface area contributed by atoms with E-state index in [1.807, 2.05) is 11.5 Å². The SMILES string of the molecule is Cc1nncn1CCNC(=O)C1C2CCC(C2)C1N.Cl.Cl. The molecule has 21 heavy (non-hydrogen) atoms. The smallest absolute Gasteiger partial charge is 0.225 e. The molecular formula is C13H23Cl2N5O. The second-order valence-corrected chi connectivity index (χ2v) is 5.80. The molecule has 0 aliphatic heterocycles. The molecule has 0 aromatic carbocycles. The lowest BCUT2D eigenvalue weighted by Gasteiger charge is -2.27. The van der Waals surface area contributed by atoms with Crippen LogP contribution in [0.2, 0.25) is 0 Å². The summed E-state index contributed by atoms with van der Waals surface area (Å²) in [7, 11) is 0. The van der Waals surface area contributed by atoms with Gasteiger partial charge in [0.2, 0.25) is 5.91 Å². The molecule has 3 N–H and O–H groups in total. The number of halogens is 2. The number of hydrogen-bond acceptors (Lipinski definition) is 4. The van der Waals surface area contributed by atoms with Crippen molar-refractivity contribution < 1.29 is 4.79 Å². The van der Waals surface area contributed by atoms with Gasteiger partial charge in [0.05, 0.1) is 5.92 Å². The van der Waals surface area contributed by atoms with Gasteiger partial charge >= 0.3 is 0 Å². The molecule has 1 aromatic rings. The van der Waals surface area contributed by atoms with Crippen LogP contribution in [0.15, 0.2) is 6.33 Å². The van der Waals surface area contributed by atoms with Gasteiger partial charge in [-0.15, -0.1) is 35.0 Å². The maximum atomic E-state index is 12.2. The molecule has 2 bridgehead atoms. The van der Waals surface area contributed by atoms with Gasteiger partial charge in [-0.1, -0.05) is 0 Å². The molecule has 8 heteroatoms. The molecule has 0 radical (unpaired) electrons. The van der Waals surface area contributed by atoms with E-state index in [-0.39, 0.29) is 42.7 Å². The van der Waals surface area contributed by atoms with Crippen LogP contribution in [0.1, 0.15) is 25.1 Å². The van der Waals surface area contributed by atoms with Crippen molar-refractivity contribution in [1.82, 2.24) is 20.1 Å². The molecule has 0 spiro atoms. The number of carbonyl (C=O) groups is 1. The second-order valence-electron chi connectivity index (χ2n) is 5.80. The molecule has 1 aromatic heterocycles. The van der Waals surface area contributed by atoms with Crippen molar-refractivity contribution in [2.24, 2.45) is 23.5 Å². The Morgan fingerprint density at radius 3 is 2.71 bits per heavy atom. The normalized spacial score (nSPS) is 29.6. The molecular weight excluding hydrogens is 313 g/mol. The number of nitrogens with two attached hydrogens (primary N) is 1. The zero-order chi connectivity index (χ0) is 13.4. The van der Waals surface area contributed by atoms with Crippen molar-refractivity contribution in [3.63, 3.8) is 0 Å². The molecule has 0 saturated heterocycles. The molecule has 2 fully saturated rings. The van der Waals surface area contributed by atoms with E-state index < -0.39 is 0 Å². The molecule has 120 valence electrons. The Morgan fingerprint density at radius 2 is 2.14 bits per heavy atom. The highest BCUT2D eigenvalue weighted by Crippen LogP contribution is 2.47. The third kappa shape index (κ3) is 3.49. The van der Waals surface area contributed by atoms with Crippen LogP contribution in [0.25, 0.3) is 0 Å². The van der Waals surface area contributed by atoms with Crippen LogP contribution < -0.4 is 11.1 Å². The Balaban J connectivity index is 0.00000110. The minimum absolute atomic E-state index is 0. The Labute approximate surface area is 137 Å². The van der Waals surface area contributed by atoms with Gasteiger partial charge in [-0.3, -0.25) is 4.79 Å². The molecule has 4 unspecified atom stereocenters. The van der Waals surface area contributed by atoms with E-state index in [4.69, 9.17) is 5.73 Å². The summed E-state index contributed by atoms with van der Waals surface area (Å²) < 4.78 is 1.93. The number of hydrogen-bond donors (Lipinski definition) is 2. The van der Waals surface area contributed by atoms with Crippen molar-refractivity contribution in [2.45, 2.75) is 38.8 Å². The largest absolute Gasteiger partial charge is 0.354 e. The van der Waals surface area contributed by atoms with Crippen molar-refractivity contribution in [3.05, 3.63) is 12.2 Å². The molecule has 2 aliphatic rings. The summed E-state index contributed by atoms with van der Waals surface area (Å²) in [6.45, 7) is 3.22. The summed E-state index contributed by atoms with van der Waals surface area (Å²) in [5, 5.41) is 10.7. The number of nitrogens with zero attached hydrogens (tertiary/aromatic N) is 3. The minimum atomic E-state index is 0. The molecule has 1 heterocycles. The lowest BCUT2D eigenvalue weighted by atomic mass is 9.84. The highest BCUT2D eigenvalue weighted by Gasteiger charge is 2.48. The molecule has 2 aliphatic carbocycles. The number of amides is 1. The number of aryl methyl sites for hydroxylation is 1. The van der Waals surface area contributed by atoms with Gasteiger partial charge in [-0.05, 0) is 38.0 Å². The van der Waals surface area contributed by atoms with Crippen LogP contribution in [-0.4, -0.2) is 33.3 Å². The first-order valence-corrected chi connectivity index (χ1v) is 7.04. The lowest BCUT2D eigenvalue weighted by molar-refractivity contribution is -0.127. The average Bonchev–Trinajstić information content (AvgIpc) is 3.06. The standard InChI is InChI=1S/C13H21N5O.2ClH/c1-8-17-16-7-18(8)5-4-15-13(19)11-9-2-3-10(6-9)12(11)14;;/h7,9-12H,2-6,14H2,1H3,(H,15,19);2*1H. The quantitative estimate of drug-likeness (QED) is 0.856. The fourth-order valence-electron chi connectivity index (χ4n) is 3.67. The predicted molar refractivity (Wildman–Crippen MR) is 84.6 cm³/mol. The van der Waals surface area contributed by atoms with Crippen LogP contribution >= 0.6 is 24.8 Å². The number of aromatic nitrogens is 3. The summed E-state index contributed by atoms with van der Waals surface area (Å²) in [5.41, 5.74) is 6.17. The highest BCUT2D eigenvalue weighted by molar-refractivity contribution is 5.85. The average molecular weight is 336 g/mol. The zero-order valence-electron chi connectivity index (χ0n) is 12.1. The number of nitrogens with one attached hydrogen (secondary N) is 1. The van der Waals surface area contributed by atoms with E-state index >= 15 is 0 Å². The van der Waals surface area contributed by atoms with Crippen LogP contribution in [0.4, 0.5) is 0 Å². The first-order chi connectivity index (χ1) is 9.16. The first kappa shape index (κ1) is 18.2. The Morgan fingerprint density at radius 1 is 1.43 bits per heavy atom. The third-order valence-corrected chi connectivity index (χ3v) is 4.74. The van der Waals surface area contributed by atoms with Crippen LogP contribution in [0.3, 0.4) is 0 Å². The van der Waals surface area contributed by atoms with E-state index in [0.717, 1.165) is 12.2 Å². The predicted octanol–water partition coefficient (Wildman–Crippen LogP) is 0.920. The Bertz CT molecular complexity index is 479. The van der Waals surface area contributed by atoms with E-state index in [0.29, 0.717) is 24.9 Å². The molecule has 3 rings (SSSR count). The molecule has 4 atom stereocenters. The summed E-state index contributed by atoms with van der Waals surface area (Å²) in [5.74, 6) is 2.11. The maximum Gasteiger partial charge on any atom is 0.225 e. The van der Waals surface area contributed by atoms with Crippen LogP contribution in [-0.2, 0) is 11.3 Å².